The molecule has 0 atom stereocenters. The van der Waals surface area contributed by atoms with Crippen LogP contribution in [0.1, 0.15) is 31.7 Å². The average Bonchev–Trinajstić information content (AvgIpc) is 2.75. The lowest BCUT2D eigenvalue weighted by Gasteiger charge is -2.37. The minimum Gasteiger partial charge on any atom is -0.368 e. The number of aromatic nitrogens is 2. The minimum absolute atomic E-state index is 0.00748. The van der Waals surface area contributed by atoms with Gasteiger partial charge in [0.05, 0.1) is 5.75 Å². The maximum atomic E-state index is 12.0. The maximum Gasteiger partial charge on any atom is 0.230 e. The summed E-state index contributed by atoms with van der Waals surface area (Å²) in [7, 11) is 0. The Bertz CT molecular complexity index is 842. The number of hydrogen-bond donors (Lipinski definition) is 1. The minimum atomic E-state index is 0.00748. The van der Waals surface area contributed by atoms with Gasteiger partial charge in [-0.2, -0.15) is 0 Å². The standard InChI is InChI=1S/C22H30ClN5OS/c1-3-4-7-10-24-21(29)16-30-22-25-19(23)15-20(26-22)28-13-11-27(12-14-28)18-9-6-5-8-17(18)2/h5-6,8-9,15H,3-4,7,10-14,16H2,1-2H3,(H,24,29). The van der Waals surface area contributed by atoms with Crippen LogP contribution in [0.25, 0.3) is 0 Å². The van der Waals surface area contributed by atoms with Gasteiger partial charge >= 0.3 is 0 Å². The molecule has 0 saturated carbocycles. The zero-order chi connectivity index (χ0) is 21.3. The lowest BCUT2D eigenvalue weighted by Crippen LogP contribution is -2.47. The molecule has 1 aliphatic rings. The third kappa shape index (κ3) is 6.51. The number of amides is 1. The highest BCUT2D eigenvalue weighted by Gasteiger charge is 2.20. The lowest BCUT2D eigenvalue weighted by atomic mass is 10.1. The van der Waals surface area contributed by atoms with E-state index in [-0.39, 0.29) is 5.91 Å². The Hall–Kier alpha value is -1.99. The number of nitrogens with zero attached hydrogens (tertiary/aromatic N) is 4. The Balaban J connectivity index is 1.54. The smallest absolute Gasteiger partial charge is 0.230 e. The number of carbonyl (C=O) groups excluding carboxylic acids is 1. The van der Waals surface area contributed by atoms with Gasteiger partial charge in [-0.15, -0.1) is 0 Å². The summed E-state index contributed by atoms with van der Waals surface area (Å²) in [6.45, 7) is 8.60. The van der Waals surface area contributed by atoms with Crippen molar-refractivity contribution in [3.8, 4) is 0 Å². The number of nitrogens with one attached hydrogen (secondary N) is 1. The van der Waals surface area contributed by atoms with E-state index in [2.05, 4.69) is 63.2 Å². The molecule has 6 nitrogen and oxygen atoms in total. The van der Waals surface area contributed by atoms with Crippen LogP contribution in [0.2, 0.25) is 5.15 Å². The van der Waals surface area contributed by atoms with Gasteiger partial charge in [0.2, 0.25) is 5.91 Å². The second-order valence-corrected chi connectivity index (χ2v) is 8.77. The van der Waals surface area contributed by atoms with Crippen LogP contribution >= 0.6 is 23.4 Å². The molecule has 1 amide bonds. The summed E-state index contributed by atoms with van der Waals surface area (Å²) >= 11 is 7.57. The summed E-state index contributed by atoms with van der Waals surface area (Å²) in [6.07, 6.45) is 3.29. The molecule has 2 heterocycles. The van der Waals surface area contributed by atoms with E-state index in [9.17, 15) is 4.79 Å². The summed E-state index contributed by atoms with van der Waals surface area (Å²) in [5.74, 6) is 1.13. The van der Waals surface area contributed by atoms with Crippen molar-refractivity contribution < 1.29 is 4.79 Å². The monoisotopic (exact) mass is 447 g/mol. The van der Waals surface area contributed by atoms with Crippen LogP contribution in [0.3, 0.4) is 0 Å². The van der Waals surface area contributed by atoms with Gasteiger partial charge in [-0.25, -0.2) is 9.97 Å². The number of hydrogen-bond acceptors (Lipinski definition) is 6. The Labute approximate surface area is 188 Å². The first-order valence-electron chi connectivity index (χ1n) is 10.6. The summed E-state index contributed by atoms with van der Waals surface area (Å²) < 4.78 is 0. The van der Waals surface area contributed by atoms with Gasteiger partial charge in [0.1, 0.15) is 11.0 Å². The number of piperazine rings is 1. The second-order valence-electron chi connectivity index (χ2n) is 7.44. The zero-order valence-electron chi connectivity index (χ0n) is 17.7. The van der Waals surface area contributed by atoms with E-state index in [1.54, 1.807) is 6.07 Å². The first kappa shape index (κ1) is 22.7. The quantitative estimate of drug-likeness (QED) is 0.269. The Morgan fingerprint density at radius 3 is 2.60 bits per heavy atom. The first-order chi connectivity index (χ1) is 14.6. The molecular formula is C22H30ClN5OS. The van der Waals surface area contributed by atoms with Crippen molar-refractivity contribution in [2.24, 2.45) is 0 Å². The van der Waals surface area contributed by atoms with Gasteiger partial charge in [-0.3, -0.25) is 4.79 Å². The van der Waals surface area contributed by atoms with E-state index >= 15 is 0 Å². The van der Waals surface area contributed by atoms with Gasteiger partial charge in [0, 0.05) is 44.5 Å². The highest BCUT2D eigenvalue weighted by atomic mass is 35.5. The van der Waals surface area contributed by atoms with Crippen molar-refractivity contribution >= 4 is 40.8 Å². The largest absolute Gasteiger partial charge is 0.368 e. The van der Waals surface area contributed by atoms with Crippen LogP contribution < -0.4 is 15.1 Å². The van der Waals surface area contributed by atoms with Crippen molar-refractivity contribution in [3.63, 3.8) is 0 Å². The number of para-hydroxylation sites is 1. The molecule has 8 heteroatoms. The SMILES string of the molecule is CCCCCNC(=O)CSc1nc(Cl)cc(N2CCN(c3ccccc3C)CC2)n1. The second kappa shape index (κ2) is 11.4. The van der Waals surface area contributed by atoms with Gasteiger partial charge in [-0.1, -0.05) is 61.3 Å². The number of benzene rings is 1. The number of halogens is 1. The topological polar surface area (TPSA) is 61.4 Å². The predicted molar refractivity (Wildman–Crippen MR) is 126 cm³/mol. The molecule has 162 valence electrons. The van der Waals surface area contributed by atoms with E-state index in [1.807, 2.05) is 0 Å². The van der Waals surface area contributed by atoms with Crippen molar-refractivity contribution in [2.45, 2.75) is 38.3 Å². The Morgan fingerprint density at radius 1 is 1.13 bits per heavy atom. The van der Waals surface area contributed by atoms with E-state index in [0.29, 0.717) is 16.1 Å². The van der Waals surface area contributed by atoms with Crippen LogP contribution in [0.5, 0.6) is 0 Å². The van der Waals surface area contributed by atoms with Crippen molar-refractivity contribution in [2.75, 3.05) is 48.3 Å². The molecule has 1 N–H and O–H groups in total. The molecule has 1 aromatic carbocycles. The van der Waals surface area contributed by atoms with Crippen LogP contribution in [-0.2, 0) is 4.79 Å². The molecule has 1 saturated heterocycles. The van der Waals surface area contributed by atoms with Gasteiger partial charge in [0.25, 0.3) is 0 Å². The van der Waals surface area contributed by atoms with E-state index in [1.165, 1.54) is 23.0 Å². The lowest BCUT2D eigenvalue weighted by molar-refractivity contribution is -0.118. The summed E-state index contributed by atoms with van der Waals surface area (Å²) in [5.41, 5.74) is 2.58. The molecule has 1 aromatic heterocycles. The maximum absolute atomic E-state index is 12.0. The number of unbranched alkanes of at least 4 members (excludes halogenated alkanes) is 2. The molecule has 0 spiro atoms. The number of rotatable bonds is 9. The third-order valence-electron chi connectivity index (χ3n) is 5.16. The van der Waals surface area contributed by atoms with Gasteiger partial charge in [-0.05, 0) is 25.0 Å². The molecule has 0 unspecified atom stereocenters. The molecule has 30 heavy (non-hydrogen) atoms. The van der Waals surface area contributed by atoms with Crippen molar-refractivity contribution in [1.82, 2.24) is 15.3 Å². The van der Waals surface area contributed by atoms with Crippen LogP contribution in [0.4, 0.5) is 11.5 Å². The Kier molecular flexibility index (Phi) is 8.63. The molecule has 3 rings (SSSR count). The fraction of sp³-hybridized carbons (Fsp3) is 0.500. The molecule has 1 aliphatic heterocycles. The highest BCUT2D eigenvalue weighted by Crippen LogP contribution is 2.25. The van der Waals surface area contributed by atoms with Crippen molar-refractivity contribution in [3.05, 3.63) is 41.0 Å². The van der Waals surface area contributed by atoms with E-state index in [4.69, 9.17) is 11.6 Å². The molecule has 2 aromatic rings. The summed E-state index contributed by atoms with van der Waals surface area (Å²) in [4.78, 5) is 25.6. The third-order valence-corrected chi connectivity index (χ3v) is 6.20. The molecule has 1 fully saturated rings. The van der Waals surface area contributed by atoms with Crippen LogP contribution in [0.15, 0.2) is 35.5 Å². The fourth-order valence-electron chi connectivity index (χ4n) is 3.49. The molecule has 0 bridgehead atoms. The number of aryl methyl sites for hydroxylation is 1. The normalized spacial score (nSPS) is 14.1. The van der Waals surface area contributed by atoms with Crippen LogP contribution in [-0.4, -0.2) is 54.4 Å². The highest BCUT2D eigenvalue weighted by molar-refractivity contribution is 7.99. The zero-order valence-corrected chi connectivity index (χ0v) is 19.3. The van der Waals surface area contributed by atoms with Crippen LogP contribution in [0, 0.1) is 6.92 Å². The number of anilines is 2. The number of carbonyl (C=O) groups is 1. The molecule has 0 radical (unpaired) electrons. The van der Waals surface area contributed by atoms with Crippen molar-refractivity contribution in [1.29, 1.82) is 0 Å². The summed E-state index contributed by atoms with van der Waals surface area (Å²) in [6, 6.07) is 10.3. The summed E-state index contributed by atoms with van der Waals surface area (Å²) in [5, 5.41) is 3.89. The van der Waals surface area contributed by atoms with E-state index < -0.39 is 0 Å². The molecular weight excluding hydrogens is 418 g/mol. The van der Waals surface area contributed by atoms with Gasteiger partial charge < -0.3 is 15.1 Å². The predicted octanol–water partition coefficient (Wildman–Crippen LogP) is 4.16. The Morgan fingerprint density at radius 2 is 1.87 bits per heavy atom. The number of thioether (sulfide) groups is 1. The molecule has 0 aliphatic carbocycles. The fourth-order valence-corrected chi connectivity index (χ4v) is 4.40. The first-order valence-corrected chi connectivity index (χ1v) is 11.9. The van der Waals surface area contributed by atoms with Gasteiger partial charge in [0.15, 0.2) is 5.16 Å². The average molecular weight is 448 g/mol. The van der Waals surface area contributed by atoms with E-state index in [0.717, 1.165) is 57.8 Å².